The normalized spacial score (nSPS) is 13.2. The van der Waals surface area contributed by atoms with E-state index in [2.05, 4.69) is 122 Å². The standard InChI is InChI=1S/C33H36N2/c1-3-5-23-34-27-19-15-25(16-20-27)33(26-17-21-28(22-18-26)35-24-6-4-2)31-13-9-7-11-29(31)30-12-8-10-14-32(30)33/h7-22,34-35H,3-6,23-24H2,1-2H3. The SMILES string of the molecule is CCCCNc1ccc(C2(c3ccc(NCCCC)cc3)c3ccccc3-c3ccccc32)cc1. The van der Waals surface area contributed by atoms with Crippen molar-refractivity contribution >= 4 is 11.4 Å². The Bertz CT molecular complexity index is 1150. The van der Waals surface area contributed by atoms with Crippen LogP contribution in [0.5, 0.6) is 0 Å². The Morgan fingerprint density at radius 3 is 1.31 bits per heavy atom. The third-order valence-corrected chi connectivity index (χ3v) is 7.31. The first-order valence-electron chi connectivity index (χ1n) is 13.2. The Hall–Kier alpha value is -3.52. The summed E-state index contributed by atoms with van der Waals surface area (Å²) in [4.78, 5) is 0. The second-order valence-corrected chi connectivity index (χ2v) is 9.56. The molecular formula is C33H36N2. The highest BCUT2D eigenvalue weighted by molar-refractivity contribution is 5.86. The van der Waals surface area contributed by atoms with E-state index in [9.17, 15) is 0 Å². The van der Waals surface area contributed by atoms with Crippen LogP contribution in [-0.2, 0) is 5.41 Å². The van der Waals surface area contributed by atoms with Gasteiger partial charge >= 0.3 is 0 Å². The smallest absolute Gasteiger partial charge is 0.0713 e. The lowest BCUT2D eigenvalue weighted by atomic mass is 9.67. The number of hydrogen-bond acceptors (Lipinski definition) is 2. The summed E-state index contributed by atoms with van der Waals surface area (Å²) in [5.74, 6) is 0. The van der Waals surface area contributed by atoms with E-state index in [1.807, 2.05) is 0 Å². The van der Waals surface area contributed by atoms with Gasteiger partial charge in [-0.2, -0.15) is 0 Å². The van der Waals surface area contributed by atoms with Gasteiger partial charge in [-0.3, -0.25) is 0 Å². The molecule has 1 aliphatic carbocycles. The lowest BCUT2D eigenvalue weighted by molar-refractivity contribution is 0.768. The maximum atomic E-state index is 3.58. The summed E-state index contributed by atoms with van der Waals surface area (Å²) in [7, 11) is 0. The number of hydrogen-bond donors (Lipinski definition) is 2. The predicted molar refractivity (Wildman–Crippen MR) is 151 cm³/mol. The molecule has 2 N–H and O–H groups in total. The topological polar surface area (TPSA) is 24.1 Å². The third-order valence-electron chi connectivity index (χ3n) is 7.31. The fourth-order valence-electron chi connectivity index (χ4n) is 5.52. The lowest BCUT2D eigenvalue weighted by Gasteiger charge is -2.34. The molecule has 0 aromatic heterocycles. The fourth-order valence-corrected chi connectivity index (χ4v) is 5.52. The van der Waals surface area contributed by atoms with Gasteiger partial charge < -0.3 is 10.6 Å². The summed E-state index contributed by atoms with van der Waals surface area (Å²) in [5, 5.41) is 7.15. The Kier molecular flexibility index (Phi) is 6.90. The van der Waals surface area contributed by atoms with Crippen molar-refractivity contribution in [1.29, 1.82) is 0 Å². The number of nitrogens with one attached hydrogen (secondary N) is 2. The van der Waals surface area contributed by atoms with E-state index in [1.165, 1.54) is 70.4 Å². The molecule has 4 aromatic carbocycles. The molecule has 0 fully saturated rings. The van der Waals surface area contributed by atoms with Gasteiger partial charge in [0.2, 0.25) is 0 Å². The summed E-state index contributed by atoms with van der Waals surface area (Å²) < 4.78 is 0. The number of benzene rings is 4. The van der Waals surface area contributed by atoms with Crippen LogP contribution >= 0.6 is 0 Å². The first kappa shape index (κ1) is 23.2. The maximum absolute atomic E-state index is 3.58. The molecule has 0 bridgehead atoms. The highest BCUT2D eigenvalue weighted by Crippen LogP contribution is 2.56. The molecular weight excluding hydrogens is 424 g/mol. The average molecular weight is 461 g/mol. The first-order chi connectivity index (χ1) is 17.3. The van der Waals surface area contributed by atoms with Crippen LogP contribution in [0.25, 0.3) is 11.1 Å². The van der Waals surface area contributed by atoms with Crippen LogP contribution < -0.4 is 10.6 Å². The van der Waals surface area contributed by atoms with Crippen molar-refractivity contribution in [2.45, 2.75) is 44.9 Å². The first-order valence-corrected chi connectivity index (χ1v) is 13.2. The van der Waals surface area contributed by atoms with Crippen molar-refractivity contribution in [3.8, 4) is 11.1 Å². The highest BCUT2D eigenvalue weighted by Gasteiger charge is 2.45. The van der Waals surface area contributed by atoms with E-state index in [1.54, 1.807) is 0 Å². The van der Waals surface area contributed by atoms with Crippen molar-refractivity contribution in [1.82, 2.24) is 0 Å². The van der Waals surface area contributed by atoms with Crippen LogP contribution in [0.2, 0.25) is 0 Å². The summed E-state index contributed by atoms with van der Waals surface area (Å²) in [5.41, 5.74) is 10.0. The van der Waals surface area contributed by atoms with Crippen molar-refractivity contribution in [2.24, 2.45) is 0 Å². The van der Waals surface area contributed by atoms with Gasteiger partial charge in [-0.1, -0.05) is 99.5 Å². The summed E-state index contributed by atoms with van der Waals surface area (Å²) in [6.07, 6.45) is 4.77. The minimum atomic E-state index is -0.336. The number of anilines is 2. The number of fused-ring (bicyclic) bond motifs is 3. The van der Waals surface area contributed by atoms with Crippen molar-refractivity contribution < 1.29 is 0 Å². The van der Waals surface area contributed by atoms with Gasteiger partial charge in [0.25, 0.3) is 0 Å². The van der Waals surface area contributed by atoms with Gasteiger partial charge in [-0.05, 0) is 70.5 Å². The molecule has 0 radical (unpaired) electrons. The molecule has 0 atom stereocenters. The van der Waals surface area contributed by atoms with E-state index < -0.39 is 0 Å². The van der Waals surface area contributed by atoms with Crippen molar-refractivity contribution in [2.75, 3.05) is 23.7 Å². The van der Waals surface area contributed by atoms with Gasteiger partial charge in [0, 0.05) is 24.5 Å². The molecule has 0 spiro atoms. The zero-order chi connectivity index (χ0) is 24.1. The van der Waals surface area contributed by atoms with E-state index in [-0.39, 0.29) is 5.41 Å². The molecule has 0 saturated carbocycles. The largest absolute Gasteiger partial charge is 0.385 e. The van der Waals surface area contributed by atoms with Gasteiger partial charge in [-0.15, -0.1) is 0 Å². The quantitative estimate of drug-likeness (QED) is 0.204. The van der Waals surface area contributed by atoms with E-state index in [0.29, 0.717) is 0 Å². The Balaban J connectivity index is 1.64. The molecule has 4 aromatic rings. The molecule has 0 saturated heterocycles. The second kappa shape index (κ2) is 10.4. The summed E-state index contributed by atoms with van der Waals surface area (Å²) >= 11 is 0. The minimum Gasteiger partial charge on any atom is -0.385 e. The third kappa shape index (κ3) is 4.23. The van der Waals surface area contributed by atoms with Gasteiger partial charge in [-0.25, -0.2) is 0 Å². The fraction of sp³-hybridized carbons (Fsp3) is 0.273. The number of rotatable bonds is 10. The van der Waals surface area contributed by atoms with Crippen LogP contribution in [0.15, 0.2) is 97.1 Å². The molecule has 2 nitrogen and oxygen atoms in total. The monoisotopic (exact) mass is 460 g/mol. The minimum absolute atomic E-state index is 0.336. The zero-order valence-corrected chi connectivity index (χ0v) is 21.0. The Morgan fingerprint density at radius 2 is 0.914 bits per heavy atom. The van der Waals surface area contributed by atoms with E-state index in [0.717, 1.165) is 13.1 Å². The van der Waals surface area contributed by atoms with Crippen molar-refractivity contribution in [3.05, 3.63) is 119 Å². The molecule has 178 valence electrons. The Morgan fingerprint density at radius 1 is 0.514 bits per heavy atom. The molecule has 0 unspecified atom stereocenters. The van der Waals surface area contributed by atoms with Crippen LogP contribution in [0, 0.1) is 0 Å². The number of unbranched alkanes of at least 4 members (excludes halogenated alkanes) is 2. The summed E-state index contributed by atoms with van der Waals surface area (Å²) in [6, 6.07) is 36.1. The van der Waals surface area contributed by atoms with Crippen LogP contribution in [-0.4, -0.2) is 13.1 Å². The molecule has 5 rings (SSSR count). The summed E-state index contributed by atoms with van der Waals surface area (Å²) in [6.45, 7) is 6.49. The highest BCUT2D eigenvalue weighted by atomic mass is 14.9. The average Bonchev–Trinajstić information content (AvgIpc) is 3.21. The van der Waals surface area contributed by atoms with Crippen molar-refractivity contribution in [3.63, 3.8) is 0 Å². The molecule has 1 aliphatic rings. The molecule has 0 amide bonds. The molecule has 0 aliphatic heterocycles. The predicted octanol–water partition coefficient (Wildman–Crippen LogP) is 8.47. The Labute approximate surface area is 210 Å². The van der Waals surface area contributed by atoms with E-state index in [4.69, 9.17) is 0 Å². The second-order valence-electron chi connectivity index (χ2n) is 9.56. The lowest BCUT2D eigenvalue weighted by Crippen LogP contribution is -2.28. The van der Waals surface area contributed by atoms with Gasteiger partial charge in [0.05, 0.1) is 5.41 Å². The zero-order valence-electron chi connectivity index (χ0n) is 21.0. The van der Waals surface area contributed by atoms with Gasteiger partial charge in [0.15, 0.2) is 0 Å². The maximum Gasteiger partial charge on any atom is 0.0713 e. The molecule has 0 heterocycles. The molecule has 2 heteroatoms. The van der Waals surface area contributed by atoms with Crippen LogP contribution in [0.4, 0.5) is 11.4 Å². The van der Waals surface area contributed by atoms with E-state index >= 15 is 0 Å². The van der Waals surface area contributed by atoms with Crippen LogP contribution in [0.3, 0.4) is 0 Å². The molecule has 35 heavy (non-hydrogen) atoms. The van der Waals surface area contributed by atoms with Crippen LogP contribution in [0.1, 0.15) is 61.8 Å². The van der Waals surface area contributed by atoms with Gasteiger partial charge in [0.1, 0.15) is 0 Å².